The smallest absolute Gasteiger partial charge is 0.0600 e. The van der Waals surface area contributed by atoms with E-state index in [1.54, 1.807) is 0 Å². The number of nitrogens with zero attached hydrogens (tertiary/aromatic N) is 1. The fourth-order valence-electron chi connectivity index (χ4n) is 1.94. The van der Waals surface area contributed by atoms with Crippen LogP contribution in [0, 0.1) is 0 Å². The Morgan fingerprint density at radius 1 is 1.40 bits per heavy atom. The van der Waals surface area contributed by atoms with Gasteiger partial charge >= 0.3 is 0 Å². The van der Waals surface area contributed by atoms with E-state index in [1.165, 1.54) is 11.3 Å². The monoisotopic (exact) mass is 205 g/mol. The van der Waals surface area contributed by atoms with Crippen molar-refractivity contribution in [3.8, 4) is 0 Å². The van der Waals surface area contributed by atoms with Crippen molar-refractivity contribution in [3.63, 3.8) is 0 Å². The van der Waals surface area contributed by atoms with Crippen molar-refractivity contribution in [1.29, 1.82) is 0 Å². The molecule has 15 heavy (non-hydrogen) atoms. The average molecular weight is 205 g/mol. The molecule has 0 N–H and O–H groups in total. The fraction of sp³-hybridized carbons (Fsp3) is 0.615. The van der Waals surface area contributed by atoms with Crippen molar-refractivity contribution in [2.24, 2.45) is 0 Å². The van der Waals surface area contributed by atoms with Crippen LogP contribution in [0.15, 0.2) is 18.3 Å². The summed E-state index contributed by atoms with van der Waals surface area (Å²) in [6, 6.07) is 4.37. The minimum absolute atomic E-state index is 0.204. The van der Waals surface area contributed by atoms with Crippen LogP contribution in [-0.4, -0.2) is 18.2 Å². The maximum absolute atomic E-state index is 5.32. The number of ether oxygens (including phenoxy) is 1. The zero-order valence-electron chi connectivity index (χ0n) is 9.79. The first-order chi connectivity index (χ1) is 7.18. The van der Waals surface area contributed by atoms with Gasteiger partial charge in [-0.1, -0.05) is 26.8 Å². The van der Waals surface area contributed by atoms with E-state index >= 15 is 0 Å². The molecule has 1 aromatic heterocycles. The second-order valence-corrected chi connectivity index (χ2v) is 4.76. The van der Waals surface area contributed by atoms with Gasteiger partial charge in [0.05, 0.1) is 24.3 Å². The lowest BCUT2D eigenvalue weighted by Crippen LogP contribution is -2.46. The summed E-state index contributed by atoms with van der Waals surface area (Å²) in [6.07, 6.45) is 3.12. The third kappa shape index (κ3) is 1.78. The van der Waals surface area contributed by atoms with Gasteiger partial charge in [-0.3, -0.25) is 4.98 Å². The Bertz CT molecular complexity index is 319. The molecular weight excluding hydrogens is 186 g/mol. The number of hydrogen-bond acceptors (Lipinski definition) is 2. The predicted octanol–water partition coefficient (Wildman–Crippen LogP) is 2.88. The van der Waals surface area contributed by atoms with Crippen molar-refractivity contribution in [1.82, 2.24) is 4.98 Å². The number of aromatic nitrogens is 1. The van der Waals surface area contributed by atoms with Crippen LogP contribution >= 0.6 is 0 Å². The van der Waals surface area contributed by atoms with Gasteiger partial charge in [0, 0.05) is 6.20 Å². The summed E-state index contributed by atoms with van der Waals surface area (Å²) in [5.41, 5.74) is 2.71. The summed E-state index contributed by atoms with van der Waals surface area (Å²) < 4.78 is 5.32. The highest BCUT2D eigenvalue weighted by molar-refractivity contribution is 5.24. The van der Waals surface area contributed by atoms with E-state index in [9.17, 15) is 0 Å². The van der Waals surface area contributed by atoms with Gasteiger partial charge in [-0.2, -0.15) is 0 Å². The Hall–Kier alpha value is -0.890. The van der Waals surface area contributed by atoms with E-state index in [0.29, 0.717) is 5.92 Å². The first kappa shape index (κ1) is 10.6. The Labute approximate surface area is 91.7 Å². The summed E-state index contributed by atoms with van der Waals surface area (Å²) in [5, 5.41) is 0. The van der Waals surface area contributed by atoms with E-state index < -0.39 is 0 Å². The summed E-state index contributed by atoms with van der Waals surface area (Å²) in [7, 11) is 0. The number of pyridine rings is 1. The van der Waals surface area contributed by atoms with Gasteiger partial charge in [0.2, 0.25) is 0 Å². The van der Waals surface area contributed by atoms with E-state index in [2.05, 4.69) is 37.9 Å². The van der Waals surface area contributed by atoms with E-state index in [0.717, 1.165) is 19.6 Å². The van der Waals surface area contributed by atoms with Crippen LogP contribution in [0.3, 0.4) is 0 Å². The highest BCUT2D eigenvalue weighted by Gasteiger charge is 2.39. The molecule has 1 aliphatic rings. The minimum atomic E-state index is 0.204. The van der Waals surface area contributed by atoms with Gasteiger partial charge in [-0.25, -0.2) is 0 Å². The van der Waals surface area contributed by atoms with Gasteiger partial charge in [0.1, 0.15) is 0 Å². The maximum Gasteiger partial charge on any atom is 0.0600 e. The molecule has 1 aromatic rings. The number of hydrogen-bond donors (Lipinski definition) is 0. The van der Waals surface area contributed by atoms with Crippen LogP contribution in [0.25, 0.3) is 0 Å². The molecule has 0 radical (unpaired) electrons. The van der Waals surface area contributed by atoms with Crippen LogP contribution in [-0.2, 0) is 10.2 Å². The molecule has 2 heteroatoms. The molecular formula is C13H19NO. The van der Waals surface area contributed by atoms with Crippen LogP contribution in [0.1, 0.15) is 44.4 Å². The van der Waals surface area contributed by atoms with E-state index in [1.807, 2.05) is 6.20 Å². The normalized spacial score (nSPS) is 18.9. The van der Waals surface area contributed by atoms with Gasteiger partial charge in [0.15, 0.2) is 0 Å². The molecule has 2 nitrogen and oxygen atoms in total. The molecule has 0 aliphatic carbocycles. The topological polar surface area (TPSA) is 22.1 Å². The zero-order valence-corrected chi connectivity index (χ0v) is 9.79. The SMILES string of the molecule is CCC1(c2ccc(C(C)C)cn2)COC1. The lowest BCUT2D eigenvalue weighted by atomic mass is 9.79. The quantitative estimate of drug-likeness (QED) is 0.757. The molecule has 1 aliphatic heterocycles. The van der Waals surface area contributed by atoms with Crippen molar-refractivity contribution in [2.75, 3.05) is 13.2 Å². The van der Waals surface area contributed by atoms with Crippen molar-refractivity contribution in [3.05, 3.63) is 29.6 Å². The van der Waals surface area contributed by atoms with Gasteiger partial charge in [0.25, 0.3) is 0 Å². The second-order valence-electron chi connectivity index (χ2n) is 4.76. The molecule has 0 bridgehead atoms. The van der Waals surface area contributed by atoms with Crippen LogP contribution < -0.4 is 0 Å². The summed E-state index contributed by atoms with van der Waals surface area (Å²) in [6.45, 7) is 8.26. The van der Waals surface area contributed by atoms with Gasteiger partial charge in [-0.15, -0.1) is 0 Å². The highest BCUT2D eigenvalue weighted by Crippen LogP contribution is 2.34. The molecule has 0 atom stereocenters. The van der Waals surface area contributed by atoms with Crippen LogP contribution in [0.5, 0.6) is 0 Å². The summed E-state index contributed by atoms with van der Waals surface area (Å²) in [4.78, 5) is 4.58. The standard InChI is InChI=1S/C13H19NO/c1-4-13(8-15-9-13)12-6-5-11(7-14-12)10(2)3/h5-7,10H,4,8-9H2,1-3H3. The molecule has 0 saturated carbocycles. The number of rotatable bonds is 3. The fourth-order valence-corrected chi connectivity index (χ4v) is 1.94. The molecule has 0 spiro atoms. The summed E-state index contributed by atoms with van der Waals surface area (Å²) >= 11 is 0. The lowest BCUT2D eigenvalue weighted by molar-refractivity contribution is -0.0641. The summed E-state index contributed by atoms with van der Waals surface area (Å²) in [5.74, 6) is 0.557. The average Bonchev–Trinajstić information content (AvgIpc) is 2.18. The van der Waals surface area contributed by atoms with Crippen molar-refractivity contribution in [2.45, 2.75) is 38.5 Å². The molecule has 1 saturated heterocycles. The Morgan fingerprint density at radius 3 is 2.47 bits per heavy atom. The molecule has 82 valence electrons. The molecule has 0 unspecified atom stereocenters. The molecule has 0 amide bonds. The van der Waals surface area contributed by atoms with Crippen LogP contribution in [0.4, 0.5) is 0 Å². The Balaban J connectivity index is 2.23. The second kappa shape index (κ2) is 3.93. The van der Waals surface area contributed by atoms with Gasteiger partial charge in [-0.05, 0) is 24.0 Å². The Morgan fingerprint density at radius 2 is 2.13 bits per heavy atom. The van der Waals surface area contributed by atoms with Gasteiger partial charge < -0.3 is 4.74 Å². The molecule has 2 heterocycles. The minimum Gasteiger partial charge on any atom is -0.379 e. The predicted molar refractivity (Wildman–Crippen MR) is 61.1 cm³/mol. The Kier molecular flexibility index (Phi) is 2.79. The zero-order chi connectivity index (χ0) is 10.9. The molecule has 1 fully saturated rings. The highest BCUT2D eigenvalue weighted by atomic mass is 16.5. The van der Waals surface area contributed by atoms with Crippen molar-refractivity contribution < 1.29 is 4.74 Å². The van der Waals surface area contributed by atoms with E-state index in [4.69, 9.17) is 4.74 Å². The third-order valence-electron chi connectivity index (χ3n) is 3.43. The largest absolute Gasteiger partial charge is 0.379 e. The lowest BCUT2D eigenvalue weighted by Gasteiger charge is -2.40. The molecule has 2 rings (SSSR count). The maximum atomic E-state index is 5.32. The van der Waals surface area contributed by atoms with Crippen molar-refractivity contribution >= 4 is 0 Å². The third-order valence-corrected chi connectivity index (χ3v) is 3.43. The van der Waals surface area contributed by atoms with E-state index in [-0.39, 0.29) is 5.41 Å². The molecule has 0 aromatic carbocycles. The first-order valence-electron chi connectivity index (χ1n) is 5.72. The first-order valence-corrected chi connectivity index (χ1v) is 5.72. The van der Waals surface area contributed by atoms with Crippen LogP contribution in [0.2, 0.25) is 0 Å².